The van der Waals surface area contributed by atoms with Crippen LogP contribution in [-0.4, -0.2) is 10.1 Å². The summed E-state index contributed by atoms with van der Waals surface area (Å²) in [6.07, 6.45) is 1.06. The van der Waals surface area contributed by atoms with E-state index in [4.69, 9.17) is 16.3 Å². The van der Waals surface area contributed by atoms with Crippen molar-refractivity contribution in [3.05, 3.63) is 53.2 Å². The molecular formula is C13H12ClNO2. The van der Waals surface area contributed by atoms with Gasteiger partial charge in [-0.15, -0.1) is 0 Å². The van der Waals surface area contributed by atoms with Crippen molar-refractivity contribution >= 4 is 11.6 Å². The summed E-state index contributed by atoms with van der Waals surface area (Å²) in [5.74, 6) is 1.05. The number of aromatic nitrogens is 1. The lowest BCUT2D eigenvalue weighted by Gasteiger charge is -2.08. The predicted molar refractivity (Wildman–Crippen MR) is 66.4 cm³/mol. The molecule has 0 spiro atoms. The highest BCUT2D eigenvalue weighted by Crippen LogP contribution is 2.24. The van der Waals surface area contributed by atoms with Crippen molar-refractivity contribution in [1.29, 1.82) is 0 Å². The van der Waals surface area contributed by atoms with E-state index in [1.165, 1.54) is 0 Å². The molecule has 17 heavy (non-hydrogen) atoms. The number of rotatable bonds is 3. The fraction of sp³-hybridized carbons (Fsp3) is 0.154. The highest BCUT2D eigenvalue weighted by Gasteiger charge is 2.04. The van der Waals surface area contributed by atoms with Crippen LogP contribution >= 0.6 is 11.6 Å². The highest BCUT2D eigenvalue weighted by molar-refractivity contribution is 6.30. The number of pyridine rings is 1. The van der Waals surface area contributed by atoms with Crippen LogP contribution in [0.3, 0.4) is 0 Å². The van der Waals surface area contributed by atoms with Gasteiger partial charge in [0.05, 0.1) is 6.10 Å². The zero-order valence-corrected chi connectivity index (χ0v) is 10.1. The number of aliphatic hydroxyl groups is 1. The number of aliphatic hydroxyl groups excluding tert-OH is 1. The van der Waals surface area contributed by atoms with Crippen LogP contribution in [-0.2, 0) is 0 Å². The Kier molecular flexibility index (Phi) is 3.61. The third-order valence-corrected chi connectivity index (χ3v) is 2.49. The fourth-order valence-electron chi connectivity index (χ4n) is 1.39. The molecule has 4 heteroatoms. The fourth-order valence-corrected chi connectivity index (χ4v) is 1.57. The summed E-state index contributed by atoms with van der Waals surface area (Å²) in [4.78, 5) is 4.07. The van der Waals surface area contributed by atoms with Gasteiger partial charge >= 0.3 is 0 Å². The van der Waals surface area contributed by atoms with Gasteiger partial charge in [0, 0.05) is 17.3 Å². The van der Waals surface area contributed by atoms with E-state index in [2.05, 4.69) is 4.98 Å². The molecule has 0 bridgehead atoms. The molecule has 0 amide bonds. The maximum absolute atomic E-state index is 9.45. The number of hydrogen-bond donors (Lipinski definition) is 1. The number of hydrogen-bond acceptors (Lipinski definition) is 3. The molecule has 88 valence electrons. The molecule has 1 aromatic carbocycles. The first kappa shape index (κ1) is 11.9. The number of nitrogens with zero attached hydrogens (tertiary/aromatic N) is 1. The highest BCUT2D eigenvalue weighted by atomic mass is 35.5. The summed E-state index contributed by atoms with van der Waals surface area (Å²) in [6.45, 7) is 1.69. The van der Waals surface area contributed by atoms with Crippen LogP contribution in [0.1, 0.15) is 18.6 Å². The van der Waals surface area contributed by atoms with E-state index in [1.807, 2.05) is 0 Å². The van der Waals surface area contributed by atoms with Gasteiger partial charge in [0.2, 0.25) is 5.88 Å². The summed E-state index contributed by atoms with van der Waals surface area (Å²) in [5.41, 5.74) is 0.761. The van der Waals surface area contributed by atoms with E-state index in [9.17, 15) is 5.11 Å². The molecular weight excluding hydrogens is 238 g/mol. The zero-order valence-electron chi connectivity index (χ0n) is 9.30. The topological polar surface area (TPSA) is 42.4 Å². The van der Waals surface area contributed by atoms with Crippen LogP contribution in [0.2, 0.25) is 5.02 Å². The maximum atomic E-state index is 9.45. The van der Waals surface area contributed by atoms with E-state index in [1.54, 1.807) is 49.5 Å². The third-order valence-electron chi connectivity index (χ3n) is 2.26. The van der Waals surface area contributed by atoms with Crippen molar-refractivity contribution in [3.63, 3.8) is 0 Å². The van der Waals surface area contributed by atoms with Crippen molar-refractivity contribution in [2.75, 3.05) is 0 Å². The van der Waals surface area contributed by atoms with E-state index >= 15 is 0 Å². The molecule has 1 heterocycles. The smallest absolute Gasteiger partial charge is 0.219 e. The summed E-state index contributed by atoms with van der Waals surface area (Å²) >= 11 is 5.85. The Bertz CT molecular complexity index is 514. The Labute approximate surface area is 105 Å². The lowest BCUT2D eigenvalue weighted by atomic mass is 10.2. The Morgan fingerprint density at radius 3 is 2.82 bits per heavy atom. The van der Waals surface area contributed by atoms with Crippen molar-refractivity contribution < 1.29 is 9.84 Å². The van der Waals surface area contributed by atoms with Gasteiger partial charge in [-0.25, -0.2) is 4.98 Å². The summed E-state index contributed by atoms with van der Waals surface area (Å²) in [7, 11) is 0. The normalized spacial score (nSPS) is 12.2. The molecule has 2 rings (SSSR count). The maximum Gasteiger partial charge on any atom is 0.219 e. The van der Waals surface area contributed by atoms with Crippen LogP contribution in [0.5, 0.6) is 11.6 Å². The minimum atomic E-state index is -0.542. The van der Waals surface area contributed by atoms with Crippen LogP contribution in [0.15, 0.2) is 42.6 Å². The molecule has 2 aromatic rings. The van der Waals surface area contributed by atoms with Crippen molar-refractivity contribution in [3.8, 4) is 11.6 Å². The Morgan fingerprint density at radius 1 is 1.29 bits per heavy atom. The van der Waals surface area contributed by atoms with Gasteiger partial charge in [-0.2, -0.15) is 0 Å². The van der Waals surface area contributed by atoms with Gasteiger partial charge in [-0.1, -0.05) is 17.7 Å². The van der Waals surface area contributed by atoms with Gasteiger partial charge in [-0.05, 0) is 36.8 Å². The van der Waals surface area contributed by atoms with E-state index in [-0.39, 0.29) is 0 Å². The number of halogens is 1. The van der Waals surface area contributed by atoms with Gasteiger partial charge in [-0.3, -0.25) is 0 Å². The van der Waals surface area contributed by atoms with Crippen molar-refractivity contribution in [2.24, 2.45) is 0 Å². The molecule has 1 atom stereocenters. The first-order valence-electron chi connectivity index (χ1n) is 5.22. The Balaban J connectivity index is 2.21. The molecule has 0 fully saturated rings. The van der Waals surface area contributed by atoms with E-state index < -0.39 is 6.10 Å². The van der Waals surface area contributed by atoms with Crippen LogP contribution in [0.4, 0.5) is 0 Å². The second kappa shape index (κ2) is 5.17. The summed E-state index contributed by atoms with van der Waals surface area (Å²) < 4.78 is 5.54. The zero-order chi connectivity index (χ0) is 12.3. The summed E-state index contributed by atoms with van der Waals surface area (Å²) in [5, 5.41) is 10.1. The first-order chi connectivity index (χ1) is 8.15. The van der Waals surface area contributed by atoms with Crippen molar-refractivity contribution in [2.45, 2.75) is 13.0 Å². The number of ether oxygens (including phenoxy) is 1. The molecule has 3 nitrogen and oxygen atoms in total. The molecule has 0 aliphatic carbocycles. The standard InChI is InChI=1S/C13H12ClNO2/c1-9(16)10-5-6-15-13(7-10)17-12-4-2-3-11(14)8-12/h2-9,16H,1H3/t9-/m1/s1. The summed E-state index contributed by atoms with van der Waals surface area (Å²) in [6, 6.07) is 10.5. The molecule has 0 saturated heterocycles. The van der Waals surface area contributed by atoms with Crippen LogP contribution < -0.4 is 4.74 Å². The molecule has 0 radical (unpaired) electrons. The molecule has 1 N–H and O–H groups in total. The molecule has 0 saturated carbocycles. The average molecular weight is 250 g/mol. The Morgan fingerprint density at radius 2 is 2.12 bits per heavy atom. The monoisotopic (exact) mass is 249 g/mol. The molecule has 0 aliphatic rings. The number of benzene rings is 1. The average Bonchev–Trinajstić information content (AvgIpc) is 2.29. The lowest BCUT2D eigenvalue weighted by molar-refractivity contribution is 0.198. The molecule has 1 aromatic heterocycles. The first-order valence-corrected chi connectivity index (χ1v) is 5.60. The molecule has 0 aliphatic heterocycles. The van der Waals surface area contributed by atoms with Gasteiger partial charge in [0.1, 0.15) is 5.75 Å². The largest absolute Gasteiger partial charge is 0.439 e. The Hall–Kier alpha value is -1.58. The quantitative estimate of drug-likeness (QED) is 0.904. The van der Waals surface area contributed by atoms with Gasteiger partial charge < -0.3 is 9.84 Å². The minimum Gasteiger partial charge on any atom is -0.439 e. The van der Waals surface area contributed by atoms with Gasteiger partial charge in [0.25, 0.3) is 0 Å². The van der Waals surface area contributed by atoms with Crippen LogP contribution in [0, 0.1) is 0 Å². The molecule has 0 unspecified atom stereocenters. The second-order valence-corrected chi connectivity index (χ2v) is 4.10. The predicted octanol–water partition coefficient (Wildman–Crippen LogP) is 3.58. The second-order valence-electron chi connectivity index (χ2n) is 3.66. The lowest BCUT2D eigenvalue weighted by Crippen LogP contribution is -1.94. The van der Waals surface area contributed by atoms with Gasteiger partial charge in [0.15, 0.2) is 0 Å². The van der Waals surface area contributed by atoms with Crippen molar-refractivity contribution in [1.82, 2.24) is 4.98 Å². The minimum absolute atomic E-state index is 0.436. The van der Waals surface area contributed by atoms with Crippen LogP contribution in [0.25, 0.3) is 0 Å². The van der Waals surface area contributed by atoms with E-state index in [0.29, 0.717) is 16.7 Å². The third kappa shape index (κ3) is 3.19. The van der Waals surface area contributed by atoms with E-state index in [0.717, 1.165) is 5.56 Å². The SMILES string of the molecule is C[C@@H](O)c1ccnc(Oc2cccc(Cl)c2)c1.